The first-order valence-corrected chi connectivity index (χ1v) is 21.6. The highest BCUT2D eigenvalue weighted by molar-refractivity contribution is 8.07. The van der Waals surface area contributed by atoms with Gasteiger partial charge in [0.15, 0.2) is 41.8 Å². The van der Waals surface area contributed by atoms with Crippen LogP contribution >= 0.6 is 14.5 Å². The van der Waals surface area contributed by atoms with Gasteiger partial charge in [0.1, 0.15) is 36.3 Å². The molecular weight excluding hydrogens is 846 g/mol. The summed E-state index contributed by atoms with van der Waals surface area (Å²) in [6.45, 7) is -6.00. The van der Waals surface area contributed by atoms with Gasteiger partial charge in [0.2, 0.25) is 0 Å². The number of methoxy groups -OCH3 is 1. The van der Waals surface area contributed by atoms with Gasteiger partial charge in [-0.15, -0.1) is 5.10 Å². The Morgan fingerprint density at radius 3 is 2.49 bits per heavy atom. The number of phosphoric acid groups is 1. The summed E-state index contributed by atoms with van der Waals surface area (Å²) in [5, 5.41) is 19.8. The standard InChI is InChI=1S/C33H31F2N9O12P2S/c1-49-33(46)18-9-5-10-19-24(18)41-42-44(19)32-23(35)27-20(54-32)13-51-57(47,48)55-26-21(14-52-58(59,56-27)50-12-6-11-36)53-31(22(26)34)43-16-39-25-28(37-15-38-29(25)43)40-30(45)17-7-3-2-4-8-17/h2-5,7-10,15-16,20-23,26-27,31-32H,6,12-14H2,1H3,(H,47,48)(H,37,38,40,45)/t20-,21-,22-,23-,26-,27-,31-,32-,58?/m1/s1. The number of nitrogens with zero attached hydrogens (tertiary/aromatic N) is 8. The van der Waals surface area contributed by atoms with Gasteiger partial charge in [0.25, 0.3) is 5.91 Å². The van der Waals surface area contributed by atoms with E-state index in [0.717, 1.165) is 11.0 Å². The lowest BCUT2D eigenvalue weighted by Gasteiger charge is -2.30. The fraction of sp³-hybridized carbons (Fsp3) is 0.394. The van der Waals surface area contributed by atoms with Crippen molar-refractivity contribution in [3.63, 3.8) is 0 Å². The summed E-state index contributed by atoms with van der Waals surface area (Å²) in [5.41, 5.74) is 0.682. The van der Waals surface area contributed by atoms with Crippen molar-refractivity contribution in [1.29, 1.82) is 5.26 Å². The van der Waals surface area contributed by atoms with Crippen LogP contribution in [0.5, 0.6) is 0 Å². The molecule has 3 saturated heterocycles. The molecule has 310 valence electrons. The minimum absolute atomic E-state index is 0.00632. The van der Waals surface area contributed by atoms with Gasteiger partial charge in [0.05, 0.1) is 56.8 Å². The summed E-state index contributed by atoms with van der Waals surface area (Å²) in [4.78, 5) is 48.7. The largest absolute Gasteiger partial charge is 0.472 e. The zero-order chi connectivity index (χ0) is 41.5. The number of rotatable bonds is 8. The van der Waals surface area contributed by atoms with Gasteiger partial charge < -0.3 is 33.5 Å². The number of nitrogens with one attached hydrogen (secondary N) is 1. The number of phosphoric ester groups is 1. The molecule has 0 saturated carbocycles. The number of benzene rings is 2. The van der Waals surface area contributed by atoms with Crippen LogP contribution in [0.3, 0.4) is 0 Å². The van der Waals surface area contributed by atoms with Crippen molar-refractivity contribution in [3.05, 3.63) is 72.3 Å². The van der Waals surface area contributed by atoms with Gasteiger partial charge in [-0.2, -0.15) is 5.26 Å². The maximum atomic E-state index is 16.6. The Morgan fingerprint density at radius 2 is 1.73 bits per heavy atom. The van der Waals surface area contributed by atoms with Crippen molar-refractivity contribution in [3.8, 4) is 6.07 Å². The number of alkyl halides is 2. The third kappa shape index (κ3) is 8.12. The normalized spacial score (nSPS) is 31.1. The number of aromatic nitrogens is 7. The molecule has 3 aliphatic rings. The number of carbonyl (C=O) groups is 2. The number of fused-ring (bicyclic) bond motifs is 4. The summed E-state index contributed by atoms with van der Waals surface area (Å²) in [6.07, 6.45) is -12.2. The third-order valence-electron chi connectivity index (χ3n) is 9.35. The number of amides is 1. The van der Waals surface area contributed by atoms with E-state index in [-0.39, 0.29) is 46.6 Å². The zero-order valence-corrected chi connectivity index (χ0v) is 32.9. The number of anilines is 1. The number of esters is 1. The lowest BCUT2D eigenvalue weighted by molar-refractivity contribution is -0.0656. The lowest BCUT2D eigenvalue weighted by Crippen LogP contribution is -2.37. The molecule has 2 aromatic carbocycles. The first-order valence-electron chi connectivity index (χ1n) is 17.6. The highest BCUT2D eigenvalue weighted by atomic mass is 32.5. The molecule has 3 fully saturated rings. The average molecular weight is 878 g/mol. The molecule has 10 atom stereocenters. The summed E-state index contributed by atoms with van der Waals surface area (Å²) in [7, 11) is -4.04. The molecule has 0 radical (unpaired) electrons. The first kappa shape index (κ1) is 41.0. The number of imidazole rings is 1. The number of halogens is 2. The van der Waals surface area contributed by atoms with Gasteiger partial charge >= 0.3 is 20.5 Å². The predicted molar refractivity (Wildman–Crippen MR) is 198 cm³/mol. The van der Waals surface area contributed by atoms with E-state index in [9.17, 15) is 24.3 Å². The lowest BCUT2D eigenvalue weighted by atomic mass is 10.1. The molecule has 3 aromatic heterocycles. The van der Waals surface area contributed by atoms with Crippen molar-refractivity contribution in [1.82, 2.24) is 34.5 Å². The minimum atomic E-state index is -5.22. The summed E-state index contributed by atoms with van der Waals surface area (Å²) in [5.74, 6) is -1.22. The maximum Gasteiger partial charge on any atom is 0.472 e. The van der Waals surface area contributed by atoms with E-state index in [1.807, 2.05) is 6.07 Å². The van der Waals surface area contributed by atoms with Crippen molar-refractivity contribution in [2.45, 2.75) is 55.6 Å². The molecule has 2 N–H and O–H groups in total. The van der Waals surface area contributed by atoms with Crippen LogP contribution in [0, 0.1) is 11.3 Å². The molecule has 0 aliphatic carbocycles. The van der Waals surface area contributed by atoms with Crippen LogP contribution in [0.4, 0.5) is 14.6 Å². The Bertz CT molecular complexity index is 2530. The van der Waals surface area contributed by atoms with Crippen LogP contribution in [0.1, 0.15) is 39.6 Å². The van der Waals surface area contributed by atoms with E-state index in [1.54, 1.807) is 30.3 Å². The Labute approximate surface area is 336 Å². The van der Waals surface area contributed by atoms with Gasteiger partial charge in [0, 0.05) is 5.56 Å². The second-order valence-corrected chi connectivity index (χ2v) is 17.3. The van der Waals surface area contributed by atoms with E-state index in [2.05, 4.69) is 30.6 Å². The van der Waals surface area contributed by atoms with Crippen LogP contribution in [0.2, 0.25) is 0 Å². The monoisotopic (exact) mass is 877 g/mol. The molecule has 0 spiro atoms. The Hall–Kier alpha value is -4.76. The molecule has 0 bridgehead atoms. The minimum Gasteiger partial charge on any atom is -0.465 e. The Kier molecular flexibility index (Phi) is 11.6. The van der Waals surface area contributed by atoms with Gasteiger partial charge in [-0.05, 0) is 36.1 Å². The molecule has 6 heterocycles. The zero-order valence-electron chi connectivity index (χ0n) is 30.3. The number of ether oxygens (including phenoxy) is 3. The van der Waals surface area contributed by atoms with E-state index in [1.165, 1.54) is 36.2 Å². The number of carbonyl (C=O) groups excluding carboxylic acids is 2. The molecule has 21 nitrogen and oxygen atoms in total. The average Bonchev–Trinajstić information content (AvgIpc) is 4.00. The topological polar surface area (TPSA) is 255 Å². The molecule has 59 heavy (non-hydrogen) atoms. The van der Waals surface area contributed by atoms with Crippen molar-refractivity contribution < 1.29 is 64.7 Å². The smallest absolute Gasteiger partial charge is 0.465 e. The van der Waals surface area contributed by atoms with Crippen molar-refractivity contribution in [2.24, 2.45) is 0 Å². The molecule has 8 rings (SSSR count). The summed E-state index contributed by atoms with van der Waals surface area (Å²) < 4.78 is 93.9. The van der Waals surface area contributed by atoms with E-state index >= 15 is 8.78 Å². The second-order valence-electron chi connectivity index (χ2n) is 13.0. The van der Waals surface area contributed by atoms with E-state index in [0.29, 0.717) is 5.56 Å². The highest BCUT2D eigenvalue weighted by Crippen LogP contribution is 2.57. The second kappa shape index (κ2) is 16.7. The highest BCUT2D eigenvalue weighted by Gasteiger charge is 2.55. The van der Waals surface area contributed by atoms with Crippen molar-refractivity contribution in [2.75, 3.05) is 32.2 Å². The molecule has 2 unspecified atom stereocenters. The quantitative estimate of drug-likeness (QED) is 0.127. The van der Waals surface area contributed by atoms with Crippen LogP contribution in [0.25, 0.3) is 22.2 Å². The molecule has 5 aromatic rings. The molecular formula is C33H31F2N9O12P2S. The Morgan fingerprint density at radius 1 is 1.00 bits per heavy atom. The van der Waals surface area contributed by atoms with E-state index in [4.69, 9.17) is 48.6 Å². The number of nitriles is 1. The fourth-order valence-corrected chi connectivity index (χ4v) is 9.67. The predicted octanol–water partition coefficient (Wildman–Crippen LogP) is 3.85. The summed E-state index contributed by atoms with van der Waals surface area (Å²) >= 11 is 5.66. The van der Waals surface area contributed by atoms with Crippen molar-refractivity contribution >= 4 is 66.2 Å². The molecule has 26 heteroatoms. The first-order chi connectivity index (χ1) is 28.4. The van der Waals surface area contributed by atoms with Crippen LogP contribution < -0.4 is 5.32 Å². The van der Waals surface area contributed by atoms with Gasteiger partial charge in [-0.1, -0.05) is 29.5 Å². The number of hydrogen-bond donors (Lipinski definition) is 2. The SMILES string of the molecule is COC(=O)c1cccc2c1nnn2[C@@H]1O[C@@H]2COP(=O)(O)O[C@H]3[C@@H](F)[C@H](n4cnc5c(NC(=O)c6ccccc6)ncnc54)O[C@@H]3COP(=S)(OCCC#N)O[C@H]2[C@H]1F. The fourth-order valence-electron chi connectivity index (χ4n) is 6.62. The Balaban J connectivity index is 1.07. The number of hydrogen-bond acceptors (Lipinski definition) is 18. The van der Waals surface area contributed by atoms with Gasteiger partial charge in [-0.25, -0.2) is 37.8 Å². The third-order valence-corrected chi connectivity index (χ3v) is 12.7. The van der Waals surface area contributed by atoms with Crippen LogP contribution in [0.15, 0.2) is 61.2 Å². The molecule has 3 aliphatic heterocycles. The molecule has 1 amide bonds. The van der Waals surface area contributed by atoms with Crippen LogP contribution in [-0.4, -0.2) is 115 Å². The van der Waals surface area contributed by atoms with Crippen LogP contribution in [-0.2, 0) is 53.2 Å². The van der Waals surface area contributed by atoms with Gasteiger partial charge in [-0.3, -0.25) is 22.9 Å². The van der Waals surface area contributed by atoms with E-state index < -0.39 is 88.8 Å². The maximum absolute atomic E-state index is 16.6. The summed E-state index contributed by atoms with van der Waals surface area (Å²) in [6, 6.07) is 14.6.